The number of hydrogen-bond acceptors (Lipinski definition) is 5. The highest BCUT2D eigenvalue weighted by atomic mass is 35.5. The molecule has 0 aliphatic carbocycles. The molecule has 0 saturated carbocycles. The molecule has 0 saturated heterocycles. The van der Waals surface area contributed by atoms with Crippen molar-refractivity contribution in [3.63, 3.8) is 0 Å². The zero-order valence-corrected chi connectivity index (χ0v) is 19.8. The molecule has 0 fully saturated rings. The van der Waals surface area contributed by atoms with Crippen LogP contribution in [-0.4, -0.2) is 43.4 Å². The molecule has 0 spiro atoms. The SMILES string of the molecule is COc1ccc(N(CCCC(=O)Nc2ccc3c(c2)n(C)c(=O)n3C)S(C)(=O)=O)cc1Cl. The Morgan fingerprint density at radius 1 is 1.12 bits per heavy atom. The molecule has 0 atom stereocenters. The number of rotatable bonds is 8. The fourth-order valence-corrected chi connectivity index (χ4v) is 4.70. The maximum absolute atomic E-state index is 12.4. The Balaban J connectivity index is 1.67. The van der Waals surface area contributed by atoms with Gasteiger partial charge in [-0.3, -0.25) is 18.2 Å². The highest BCUT2D eigenvalue weighted by Crippen LogP contribution is 2.30. The zero-order chi connectivity index (χ0) is 23.6. The van der Waals surface area contributed by atoms with E-state index in [1.165, 1.54) is 26.6 Å². The number of benzene rings is 2. The van der Waals surface area contributed by atoms with Gasteiger partial charge in [0.25, 0.3) is 0 Å². The Kier molecular flexibility index (Phi) is 6.85. The molecule has 0 aliphatic heterocycles. The molecule has 32 heavy (non-hydrogen) atoms. The summed E-state index contributed by atoms with van der Waals surface area (Å²) in [7, 11) is 1.26. The predicted octanol–water partition coefficient (Wildman–Crippen LogP) is 2.72. The number of sulfonamides is 1. The van der Waals surface area contributed by atoms with Crippen molar-refractivity contribution in [3.8, 4) is 5.75 Å². The summed E-state index contributed by atoms with van der Waals surface area (Å²) in [6.45, 7) is 0.112. The van der Waals surface area contributed by atoms with E-state index >= 15 is 0 Å². The first kappa shape index (κ1) is 23.7. The summed E-state index contributed by atoms with van der Waals surface area (Å²) in [5.74, 6) is 0.183. The lowest BCUT2D eigenvalue weighted by Crippen LogP contribution is -2.31. The number of aromatic nitrogens is 2. The first-order chi connectivity index (χ1) is 15.0. The third-order valence-corrected chi connectivity index (χ3v) is 6.63. The monoisotopic (exact) mass is 480 g/mol. The molecule has 1 aromatic heterocycles. The molecule has 0 aliphatic rings. The summed E-state index contributed by atoms with van der Waals surface area (Å²) in [6.07, 6.45) is 1.51. The molecule has 1 amide bonds. The van der Waals surface area contributed by atoms with E-state index in [1.54, 1.807) is 44.4 Å². The maximum Gasteiger partial charge on any atom is 0.328 e. The van der Waals surface area contributed by atoms with Crippen LogP contribution in [0.2, 0.25) is 5.02 Å². The number of carbonyl (C=O) groups excluding carboxylic acids is 1. The molecule has 0 bridgehead atoms. The van der Waals surface area contributed by atoms with Crippen LogP contribution >= 0.6 is 11.6 Å². The molecule has 1 heterocycles. The first-order valence-corrected chi connectivity index (χ1v) is 12.0. The normalized spacial score (nSPS) is 11.5. The van der Waals surface area contributed by atoms with Gasteiger partial charge in [-0.2, -0.15) is 0 Å². The standard InChI is InChI=1S/C21H25ClN4O5S/c1-24-17-9-7-14(12-18(17)25(2)21(24)28)23-20(27)6-5-11-26(32(4,29)30)15-8-10-19(31-3)16(22)13-15/h7-10,12-13H,5-6,11H2,1-4H3,(H,23,27). The van der Waals surface area contributed by atoms with Crippen LogP contribution in [0.4, 0.5) is 11.4 Å². The highest BCUT2D eigenvalue weighted by molar-refractivity contribution is 7.92. The summed E-state index contributed by atoms with van der Waals surface area (Å²) < 4.78 is 33.9. The second-order valence-corrected chi connectivity index (χ2v) is 9.72. The molecule has 3 aromatic rings. The number of nitrogens with zero attached hydrogens (tertiary/aromatic N) is 3. The number of anilines is 2. The van der Waals surface area contributed by atoms with Gasteiger partial charge < -0.3 is 10.1 Å². The van der Waals surface area contributed by atoms with Crippen molar-refractivity contribution < 1.29 is 17.9 Å². The topological polar surface area (TPSA) is 103 Å². The average Bonchev–Trinajstić information content (AvgIpc) is 2.94. The maximum atomic E-state index is 12.4. The minimum atomic E-state index is -3.57. The molecule has 9 nitrogen and oxygen atoms in total. The van der Waals surface area contributed by atoms with Crippen LogP contribution in [0.1, 0.15) is 12.8 Å². The van der Waals surface area contributed by atoms with E-state index in [-0.39, 0.29) is 24.6 Å². The highest BCUT2D eigenvalue weighted by Gasteiger charge is 2.19. The summed E-state index contributed by atoms with van der Waals surface area (Å²) in [6, 6.07) is 9.94. The summed E-state index contributed by atoms with van der Waals surface area (Å²) in [5.41, 5.74) is 2.27. The Hall–Kier alpha value is -2.98. The van der Waals surface area contributed by atoms with Gasteiger partial charge in [0.2, 0.25) is 15.9 Å². The van der Waals surface area contributed by atoms with E-state index in [0.29, 0.717) is 34.1 Å². The second-order valence-electron chi connectivity index (χ2n) is 7.41. The van der Waals surface area contributed by atoms with Crippen LogP contribution < -0.4 is 20.0 Å². The Bertz CT molecular complexity index is 1330. The largest absolute Gasteiger partial charge is 0.495 e. The van der Waals surface area contributed by atoms with Gasteiger partial charge in [-0.25, -0.2) is 13.2 Å². The molecular weight excluding hydrogens is 456 g/mol. The number of hydrogen-bond donors (Lipinski definition) is 1. The minimum Gasteiger partial charge on any atom is -0.495 e. The Labute approximate surface area is 191 Å². The van der Waals surface area contributed by atoms with Crippen molar-refractivity contribution in [2.75, 3.05) is 29.5 Å². The molecule has 11 heteroatoms. The van der Waals surface area contributed by atoms with Gasteiger partial charge >= 0.3 is 5.69 Å². The number of ether oxygens (including phenoxy) is 1. The van der Waals surface area contributed by atoms with E-state index in [4.69, 9.17) is 16.3 Å². The number of carbonyl (C=O) groups is 1. The number of halogens is 1. The molecule has 3 rings (SSSR count). The van der Waals surface area contributed by atoms with E-state index < -0.39 is 10.0 Å². The second kappa shape index (κ2) is 9.25. The van der Waals surface area contributed by atoms with Gasteiger partial charge in [0.05, 0.1) is 35.1 Å². The zero-order valence-electron chi connectivity index (χ0n) is 18.3. The van der Waals surface area contributed by atoms with Crippen LogP contribution in [-0.2, 0) is 28.9 Å². The van der Waals surface area contributed by atoms with Crippen molar-refractivity contribution in [1.29, 1.82) is 0 Å². The number of aryl methyl sites for hydroxylation is 2. The molecule has 172 valence electrons. The fraction of sp³-hybridized carbons (Fsp3) is 0.333. The molecular formula is C21H25ClN4O5S. The van der Waals surface area contributed by atoms with Gasteiger partial charge in [0.15, 0.2) is 0 Å². The number of imidazole rings is 1. The average molecular weight is 481 g/mol. The fourth-order valence-electron chi connectivity index (χ4n) is 3.49. The number of methoxy groups -OCH3 is 1. The number of amides is 1. The number of nitrogens with one attached hydrogen (secondary N) is 1. The van der Waals surface area contributed by atoms with Crippen LogP contribution in [0.5, 0.6) is 5.75 Å². The van der Waals surface area contributed by atoms with Crippen molar-refractivity contribution in [1.82, 2.24) is 9.13 Å². The third kappa shape index (κ3) is 4.91. The smallest absolute Gasteiger partial charge is 0.328 e. The van der Waals surface area contributed by atoms with Gasteiger partial charge in [0.1, 0.15) is 5.75 Å². The molecule has 0 unspecified atom stereocenters. The van der Waals surface area contributed by atoms with E-state index in [0.717, 1.165) is 11.8 Å². The Morgan fingerprint density at radius 3 is 2.44 bits per heavy atom. The summed E-state index contributed by atoms with van der Waals surface area (Å²) in [5, 5.41) is 3.09. The lowest BCUT2D eigenvalue weighted by atomic mass is 10.2. The van der Waals surface area contributed by atoms with E-state index in [9.17, 15) is 18.0 Å². The number of fused-ring (bicyclic) bond motifs is 1. The summed E-state index contributed by atoms with van der Waals surface area (Å²) >= 11 is 6.13. The Morgan fingerprint density at radius 2 is 1.81 bits per heavy atom. The molecule has 0 radical (unpaired) electrons. The van der Waals surface area contributed by atoms with Crippen molar-refractivity contribution in [2.24, 2.45) is 14.1 Å². The van der Waals surface area contributed by atoms with Crippen LogP contribution in [0.15, 0.2) is 41.2 Å². The van der Waals surface area contributed by atoms with Crippen molar-refractivity contribution in [3.05, 3.63) is 51.9 Å². The van der Waals surface area contributed by atoms with Gasteiger partial charge in [0, 0.05) is 32.7 Å². The quantitative estimate of drug-likeness (QED) is 0.534. The van der Waals surface area contributed by atoms with Crippen LogP contribution in [0.25, 0.3) is 11.0 Å². The van der Waals surface area contributed by atoms with Crippen molar-refractivity contribution in [2.45, 2.75) is 12.8 Å². The minimum absolute atomic E-state index is 0.112. The van der Waals surface area contributed by atoms with Crippen molar-refractivity contribution >= 4 is 49.9 Å². The predicted molar refractivity (Wildman–Crippen MR) is 126 cm³/mol. The van der Waals surface area contributed by atoms with Crippen LogP contribution in [0, 0.1) is 0 Å². The first-order valence-electron chi connectivity index (χ1n) is 9.79. The molecule has 1 N–H and O–H groups in total. The van der Waals surface area contributed by atoms with Gasteiger partial charge in [-0.05, 0) is 42.8 Å². The van der Waals surface area contributed by atoms with Gasteiger partial charge in [-0.15, -0.1) is 0 Å². The molecule has 2 aromatic carbocycles. The van der Waals surface area contributed by atoms with Crippen LogP contribution in [0.3, 0.4) is 0 Å². The van der Waals surface area contributed by atoms with Gasteiger partial charge in [-0.1, -0.05) is 11.6 Å². The van der Waals surface area contributed by atoms with E-state index in [1.807, 2.05) is 0 Å². The summed E-state index contributed by atoms with van der Waals surface area (Å²) in [4.78, 5) is 24.5. The van der Waals surface area contributed by atoms with E-state index in [2.05, 4.69) is 5.32 Å². The lowest BCUT2D eigenvalue weighted by Gasteiger charge is -2.23. The lowest BCUT2D eigenvalue weighted by molar-refractivity contribution is -0.116. The third-order valence-electron chi connectivity index (χ3n) is 5.14.